The molecular weight excluding hydrogens is 588 g/mol. The largest absolute Gasteiger partial charge is 0.508 e. The predicted octanol–water partition coefficient (Wildman–Crippen LogP) is 1.35. The Bertz CT molecular complexity index is 1560. The maximum atomic E-state index is 13.5. The molecule has 3 aromatic rings. The van der Waals surface area contributed by atoms with Gasteiger partial charge in [-0.1, -0.05) is 48.5 Å². The zero-order valence-electron chi connectivity index (χ0n) is 23.8. The Hall–Kier alpha value is -4.95. The molecule has 3 rings (SSSR count). The van der Waals surface area contributed by atoms with E-state index in [0.717, 1.165) is 5.56 Å². The van der Waals surface area contributed by atoms with Crippen LogP contribution in [0.1, 0.15) is 41.5 Å². The van der Waals surface area contributed by atoms with Crippen LogP contribution >= 0.6 is 0 Å². The first-order valence-corrected chi connectivity index (χ1v) is 15.3. The van der Waals surface area contributed by atoms with Crippen LogP contribution in [-0.2, 0) is 43.1 Å². The topological polar surface area (TPSA) is 238 Å². The van der Waals surface area contributed by atoms with Crippen LogP contribution in [0, 0.1) is 5.41 Å². The van der Waals surface area contributed by atoms with Crippen LogP contribution in [0.15, 0.2) is 72.8 Å². The second-order valence-corrected chi connectivity index (χ2v) is 12.0. The van der Waals surface area contributed by atoms with E-state index in [4.69, 9.17) is 16.9 Å². The van der Waals surface area contributed by atoms with Crippen molar-refractivity contribution in [3.05, 3.63) is 95.1 Å². The van der Waals surface area contributed by atoms with Crippen molar-refractivity contribution in [3.8, 4) is 5.75 Å². The summed E-state index contributed by atoms with van der Waals surface area (Å²) in [4.78, 5) is 37.8. The van der Waals surface area contributed by atoms with Crippen LogP contribution in [0.2, 0.25) is 0 Å². The average molecular weight is 625 g/mol. The van der Waals surface area contributed by atoms with E-state index in [-0.39, 0.29) is 37.4 Å². The van der Waals surface area contributed by atoms with Crippen molar-refractivity contribution in [3.63, 3.8) is 0 Å². The van der Waals surface area contributed by atoms with Gasteiger partial charge in [-0.15, -0.1) is 0 Å². The second-order valence-electron chi connectivity index (χ2n) is 10.2. The molecule has 3 aromatic carbocycles. The Morgan fingerprint density at radius 1 is 0.818 bits per heavy atom. The van der Waals surface area contributed by atoms with E-state index in [1.54, 1.807) is 60.7 Å². The summed E-state index contributed by atoms with van der Waals surface area (Å²) in [6, 6.07) is 16.4. The number of amidine groups is 1. The van der Waals surface area contributed by atoms with Crippen molar-refractivity contribution >= 4 is 39.3 Å². The quantitative estimate of drug-likeness (QED) is 0.0651. The number of phenols is 1. The lowest BCUT2D eigenvalue weighted by atomic mass is 10.0. The molecule has 0 aliphatic heterocycles. The fourth-order valence-electron chi connectivity index (χ4n) is 4.23. The van der Waals surface area contributed by atoms with E-state index in [1.807, 2.05) is 0 Å². The molecule has 0 bridgehead atoms. The lowest BCUT2D eigenvalue weighted by Crippen LogP contribution is -2.54. The molecule has 2 amide bonds. The highest BCUT2D eigenvalue weighted by atomic mass is 32.2. The molecule has 0 unspecified atom stereocenters. The molecule has 13 nitrogen and oxygen atoms in total. The summed E-state index contributed by atoms with van der Waals surface area (Å²) in [5.41, 5.74) is 14.0. The minimum absolute atomic E-state index is 0.00729. The van der Waals surface area contributed by atoms with Crippen LogP contribution in [0.3, 0.4) is 0 Å². The molecule has 10 N–H and O–H groups in total. The number of aliphatic carboxylic acids is 1. The molecule has 0 fully saturated rings. The molecule has 234 valence electrons. The molecule has 0 saturated carbocycles. The molecule has 0 saturated heterocycles. The van der Waals surface area contributed by atoms with Gasteiger partial charge in [-0.2, -0.15) is 0 Å². The third kappa shape index (κ3) is 11.0. The van der Waals surface area contributed by atoms with Gasteiger partial charge in [0.1, 0.15) is 23.7 Å². The molecule has 2 atom stereocenters. The number of carboxylic acid groups (broad SMARTS) is 1. The Kier molecular flexibility index (Phi) is 11.8. The number of rotatable bonds is 16. The molecule has 0 aliphatic rings. The monoisotopic (exact) mass is 624 g/mol. The SMILES string of the molecule is N=C(N)c1ccc(CNC(=O)[C@H](CCC(=O)O)NC(=O)[C@@H](CCc2ccc(O)cc2)NS(=O)(=O)Cc2ccc(N)cc2)cc1. The number of carbonyl (C=O) groups excluding carboxylic acids is 2. The lowest BCUT2D eigenvalue weighted by Gasteiger charge is -2.23. The number of sulfonamides is 1. The smallest absolute Gasteiger partial charge is 0.303 e. The first-order chi connectivity index (χ1) is 20.8. The number of nitrogen functional groups attached to an aromatic ring is 2. The third-order valence-electron chi connectivity index (χ3n) is 6.64. The summed E-state index contributed by atoms with van der Waals surface area (Å²) < 4.78 is 28.6. The van der Waals surface area contributed by atoms with Gasteiger partial charge < -0.3 is 32.3 Å². The van der Waals surface area contributed by atoms with Crippen molar-refractivity contribution in [1.82, 2.24) is 15.4 Å². The summed E-state index contributed by atoms with van der Waals surface area (Å²) in [6.45, 7) is 0.0506. The summed E-state index contributed by atoms with van der Waals surface area (Å²) in [7, 11) is -4.05. The predicted molar refractivity (Wildman–Crippen MR) is 165 cm³/mol. The number of hydrogen-bond donors (Lipinski definition) is 8. The lowest BCUT2D eigenvalue weighted by molar-refractivity contribution is -0.138. The normalized spacial score (nSPS) is 12.5. The number of anilines is 1. The fourth-order valence-corrected chi connectivity index (χ4v) is 5.61. The van der Waals surface area contributed by atoms with Gasteiger partial charge in [-0.25, -0.2) is 13.1 Å². The fraction of sp³-hybridized carbons (Fsp3) is 0.267. The van der Waals surface area contributed by atoms with Crippen molar-refractivity contribution in [2.75, 3.05) is 5.73 Å². The average Bonchev–Trinajstić information content (AvgIpc) is 2.98. The number of benzene rings is 3. The first kappa shape index (κ1) is 33.6. The molecule has 44 heavy (non-hydrogen) atoms. The van der Waals surface area contributed by atoms with E-state index in [1.165, 1.54) is 12.1 Å². The molecule has 0 heterocycles. The van der Waals surface area contributed by atoms with Crippen molar-refractivity contribution < 1.29 is 33.0 Å². The Balaban J connectivity index is 1.76. The maximum absolute atomic E-state index is 13.5. The number of phenolic OH excluding ortho intramolecular Hbond substituents is 1. The third-order valence-corrected chi connectivity index (χ3v) is 8.00. The number of nitrogens with two attached hydrogens (primary N) is 2. The molecule has 0 aromatic heterocycles. The standard InChI is InChI=1S/C30H36N6O7S/c31-23-10-3-21(4-11-23)18-44(42,43)36-26(14-7-19-5-12-24(37)13-6-19)30(41)35-25(15-16-27(38)39)29(40)34-17-20-1-8-22(9-2-20)28(32)33/h1-6,8-13,25-26,36-37H,7,14-18,31H2,(H3,32,33)(H,34,40)(H,35,41)(H,38,39)/t25-,26+/m0/s1. The van der Waals surface area contributed by atoms with Crippen LogP contribution in [0.25, 0.3) is 0 Å². The zero-order chi connectivity index (χ0) is 32.3. The number of carboxylic acids is 1. The van der Waals surface area contributed by atoms with E-state index in [9.17, 15) is 33.0 Å². The minimum Gasteiger partial charge on any atom is -0.508 e. The van der Waals surface area contributed by atoms with E-state index in [0.29, 0.717) is 22.4 Å². The van der Waals surface area contributed by atoms with Crippen LogP contribution in [-0.4, -0.2) is 54.3 Å². The minimum atomic E-state index is -4.05. The Morgan fingerprint density at radius 2 is 1.41 bits per heavy atom. The highest BCUT2D eigenvalue weighted by molar-refractivity contribution is 7.88. The van der Waals surface area contributed by atoms with E-state index >= 15 is 0 Å². The number of aryl methyl sites for hydroxylation is 1. The Labute approximate surface area is 255 Å². The molecule has 0 radical (unpaired) electrons. The van der Waals surface area contributed by atoms with Gasteiger partial charge >= 0.3 is 5.97 Å². The highest BCUT2D eigenvalue weighted by Crippen LogP contribution is 2.14. The maximum Gasteiger partial charge on any atom is 0.303 e. The summed E-state index contributed by atoms with van der Waals surface area (Å²) >= 11 is 0. The zero-order valence-corrected chi connectivity index (χ0v) is 24.6. The van der Waals surface area contributed by atoms with Gasteiger partial charge in [0.05, 0.1) is 5.75 Å². The van der Waals surface area contributed by atoms with E-state index in [2.05, 4.69) is 15.4 Å². The molecule has 0 aliphatic carbocycles. The summed E-state index contributed by atoms with van der Waals surface area (Å²) in [5.74, 6) is -3.12. The van der Waals surface area contributed by atoms with Gasteiger partial charge in [0, 0.05) is 24.2 Å². The van der Waals surface area contributed by atoms with Crippen LogP contribution in [0.4, 0.5) is 5.69 Å². The van der Waals surface area contributed by atoms with Gasteiger partial charge in [-0.05, 0) is 60.2 Å². The van der Waals surface area contributed by atoms with Crippen LogP contribution < -0.4 is 26.8 Å². The van der Waals surface area contributed by atoms with Crippen LogP contribution in [0.5, 0.6) is 5.75 Å². The molecular formula is C30H36N6O7S. The van der Waals surface area contributed by atoms with Gasteiger partial charge in [0.2, 0.25) is 21.8 Å². The van der Waals surface area contributed by atoms with Gasteiger partial charge in [-0.3, -0.25) is 19.8 Å². The van der Waals surface area contributed by atoms with Crippen molar-refractivity contribution in [2.24, 2.45) is 5.73 Å². The molecule has 0 spiro atoms. The number of carbonyl (C=O) groups is 3. The number of aromatic hydroxyl groups is 1. The van der Waals surface area contributed by atoms with Gasteiger partial charge in [0.25, 0.3) is 0 Å². The number of amides is 2. The van der Waals surface area contributed by atoms with E-state index < -0.39 is 52.1 Å². The van der Waals surface area contributed by atoms with Crippen molar-refractivity contribution in [2.45, 2.75) is 50.1 Å². The summed E-state index contributed by atoms with van der Waals surface area (Å²) in [6.07, 6.45) is -0.399. The number of nitrogens with one attached hydrogen (secondary N) is 4. The Morgan fingerprint density at radius 3 is 2.00 bits per heavy atom. The summed E-state index contributed by atoms with van der Waals surface area (Å²) in [5, 5.41) is 31.5. The number of hydrogen-bond acceptors (Lipinski definition) is 8. The second kappa shape index (κ2) is 15.5. The first-order valence-electron chi connectivity index (χ1n) is 13.7. The van der Waals surface area contributed by atoms with Gasteiger partial charge in [0.15, 0.2) is 0 Å². The molecule has 14 heteroatoms. The highest BCUT2D eigenvalue weighted by Gasteiger charge is 2.29. The van der Waals surface area contributed by atoms with Crippen molar-refractivity contribution in [1.29, 1.82) is 5.41 Å².